The molecule has 13 nitrogen and oxygen atoms in total. The molecule has 4 aliphatic rings. The number of piperidine rings is 1. The number of halogens is 1. The lowest BCUT2D eigenvalue weighted by atomic mass is 10.0. The Labute approximate surface area is 298 Å². The smallest absolute Gasteiger partial charge is 0.407 e. The summed E-state index contributed by atoms with van der Waals surface area (Å²) in [5, 5.41) is 13.7. The first-order chi connectivity index (χ1) is 24.1. The first-order valence-electron chi connectivity index (χ1n) is 17.7. The van der Waals surface area contributed by atoms with Gasteiger partial charge < -0.3 is 43.7 Å². The fraction of sp³-hybridized carbons (Fsp3) is 0.629. The van der Waals surface area contributed by atoms with Crippen molar-refractivity contribution in [2.24, 2.45) is 0 Å². The summed E-state index contributed by atoms with van der Waals surface area (Å²) in [7, 11) is -1.29. The predicted octanol–water partition coefficient (Wildman–Crippen LogP) is 4.84. The van der Waals surface area contributed by atoms with Gasteiger partial charge in [0.25, 0.3) is 0 Å². The van der Waals surface area contributed by atoms with Crippen molar-refractivity contribution in [3.8, 4) is 17.3 Å². The SMILES string of the molecule is C[Si](C)(C)CCOCn1c(O[C@@H]2CO[C@H]3[C@@H]2OC[C@H]3O)nc2cc(Cl)c(-c3ccc(N4CCC(NC(=O)OC5CCOCC5)CC4)cc3)nc21. The van der Waals surface area contributed by atoms with Crippen LogP contribution in [0.1, 0.15) is 25.7 Å². The zero-order valence-corrected chi connectivity index (χ0v) is 30.8. The van der Waals surface area contributed by atoms with Crippen molar-refractivity contribution >= 4 is 42.6 Å². The van der Waals surface area contributed by atoms with Gasteiger partial charge in [0.15, 0.2) is 11.8 Å². The van der Waals surface area contributed by atoms with E-state index in [4.69, 9.17) is 50.0 Å². The summed E-state index contributed by atoms with van der Waals surface area (Å²) in [4.78, 5) is 24.5. The van der Waals surface area contributed by atoms with E-state index in [0.717, 1.165) is 56.1 Å². The second kappa shape index (κ2) is 15.3. The number of hydrogen-bond donors (Lipinski definition) is 2. The number of fused-ring (bicyclic) bond motifs is 2. The fourth-order valence-electron chi connectivity index (χ4n) is 6.89. The van der Waals surface area contributed by atoms with Gasteiger partial charge >= 0.3 is 12.1 Å². The molecule has 2 aromatic heterocycles. The fourth-order valence-corrected chi connectivity index (χ4v) is 7.90. The lowest BCUT2D eigenvalue weighted by Gasteiger charge is -2.34. The Kier molecular flexibility index (Phi) is 10.9. The van der Waals surface area contributed by atoms with Crippen LogP contribution in [0.4, 0.5) is 10.5 Å². The number of pyridine rings is 1. The minimum absolute atomic E-state index is 0.0622. The van der Waals surface area contributed by atoms with Crippen molar-refractivity contribution in [3.05, 3.63) is 35.4 Å². The second-order valence-corrected chi connectivity index (χ2v) is 20.8. The number of aromatic nitrogens is 3. The molecule has 6 heterocycles. The van der Waals surface area contributed by atoms with E-state index in [2.05, 4.69) is 42.0 Å². The average molecular weight is 730 g/mol. The van der Waals surface area contributed by atoms with Gasteiger partial charge in [-0.1, -0.05) is 43.4 Å². The number of carbonyl (C=O) groups excluding carboxylic acids is 1. The largest absolute Gasteiger partial charge is 0.456 e. The first kappa shape index (κ1) is 35.4. The molecule has 4 saturated heterocycles. The number of benzene rings is 1. The maximum absolute atomic E-state index is 12.4. The lowest BCUT2D eigenvalue weighted by Crippen LogP contribution is -2.45. The Bertz CT molecular complexity index is 1620. The van der Waals surface area contributed by atoms with Gasteiger partial charge in [0.2, 0.25) is 0 Å². The van der Waals surface area contributed by atoms with Gasteiger partial charge in [0.05, 0.1) is 37.1 Å². The van der Waals surface area contributed by atoms with Crippen molar-refractivity contribution in [3.63, 3.8) is 0 Å². The number of nitrogens with one attached hydrogen (secondary N) is 1. The van der Waals surface area contributed by atoms with Crippen LogP contribution in [0.2, 0.25) is 30.7 Å². The second-order valence-electron chi connectivity index (χ2n) is 14.8. The van der Waals surface area contributed by atoms with Crippen LogP contribution in [0.5, 0.6) is 6.01 Å². The van der Waals surface area contributed by atoms with Gasteiger partial charge in [0.1, 0.15) is 36.7 Å². The molecule has 1 amide bonds. The number of hydrogen-bond acceptors (Lipinski definition) is 11. The third-order valence-electron chi connectivity index (χ3n) is 9.86. The first-order valence-corrected chi connectivity index (χ1v) is 21.8. The van der Waals surface area contributed by atoms with Crippen molar-refractivity contribution < 1.29 is 38.3 Å². The highest BCUT2D eigenvalue weighted by Gasteiger charge is 2.49. The van der Waals surface area contributed by atoms with Crippen LogP contribution in [0.25, 0.3) is 22.4 Å². The molecule has 7 rings (SSSR count). The molecular formula is C35H48ClN5O8Si. The summed E-state index contributed by atoms with van der Waals surface area (Å²) in [6, 6.07) is 11.5. The summed E-state index contributed by atoms with van der Waals surface area (Å²) in [6.07, 6.45) is 0.895. The van der Waals surface area contributed by atoms with Crippen molar-refractivity contribution in [2.45, 2.75) is 94.7 Å². The summed E-state index contributed by atoms with van der Waals surface area (Å²) in [5.74, 6) is 0. The van der Waals surface area contributed by atoms with E-state index in [0.29, 0.717) is 47.7 Å². The molecule has 272 valence electrons. The quantitative estimate of drug-likeness (QED) is 0.207. The van der Waals surface area contributed by atoms with Gasteiger partial charge in [-0.3, -0.25) is 4.57 Å². The number of anilines is 1. The lowest BCUT2D eigenvalue weighted by molar-refractivity contribution is 0.000581. The highest BCUT2D eigenvalue weighted by Crippen LogP contribution is 2.35. The highest BCUT2D eigenvalue weighted by atomic mass is 35.5. The molecule has 0 unspecified atom stereocenters. The van der Waals surface area contributed by atoms with Crippen LogP contribution >= 0.6 is 11.6 Å². The van der Waals surface area contributed by atoms with Gasteiger partial charge in [-0.25, -0.2) is 9.78 Å². The Morgan fingerprint density at radius 1 is 1.04 bits per heavy atom. The van der Waals surface area contributed by atoms with E-state index >= 15 is 0 Å². The minimum atomic E-state index is -1.29. The van der Waals surface area contributed by atoms with Gasteiger partial charge in [-0.05, 0) is 37.1 Å². The number of aliphatic hydroxyl groups is 1. The van der Waals surface area contributed by atoms with Gasteiger partial charge in [-0.15, -0.1) is 0 Å². The number of amides is 1. The number of nitrogens with zero attached hydrogens (tertiary/aromatic N) is 4. The van der Waals surface area contributed by atoms with E-state index in [1.54, 1.807) is 0 Å². The van der Waals surface area contributed by atoms with E-state index in [-0.39, 0.29) is 44.3 Å². The zero-order valence-electron chi connectivity index (χ0n) is 29.0. The van der Waals surface area contributed by atoms with Crippen LogP contribution in [0, 0.1) is 0 Å². The predicted molar refractivity (Wildman–Crippen MR) is 191 cm³/mol. The third kappa shape index (κ3) is 8.22. The summed E-state index contributed by atoms with van der Waals surface area (Å²) in [5.41, 5.74) is 3.81. The topological polar surface area (TPSA) is 139 Å². The van der Waals surface area contributed by atoms with E-state index in [1.807, 2.05) is 22.8 Å². The van der Waals surface area contributed by atoms with Crippen molar-refractivity contribution in [2.75, 3.05) is 51.0 Å². The molecular weight excluding hydrogens is 682 g/mol. The Balaban J connectivity index is 1.03. The molecule has 0 saturated carbocycles. The molecule has 2 N–H and O–H groups in total. The summed E-state index contributed by atoms with van der Waals surface area (Å²) in [6.45, 7) is 11.2. The molecule has 50 heavy (non-hydrogen) atoms. The van der Waals surface area contributed by atoms with Crippen molar-refractivity contribution in [1.82, 2.24) is 19.9 Å². The summed E-state index contributed by atoms with van der Waals surface area (Å²) < 4.78 is 36.9. The molecule has 15 heteroatoms. The normalized spacial score (nSPS) is 24.9. The number of rotatable bonds is 11. The maximum atomic E-state index is 12.4. The number of carbonyl (C=O) groups is 1. The molecule has 0 spiro atoms. The van der Waals surface area contributed by atoms with E-state index in [1.165, 1.54) is 0 Å². The molecule has 0 bridgehead atoms. The van der Waals surface area contributed by atoms with Gasteiger partial charge in [-0.2, -0.15) is 4.98 Å². The number of imidazole rings is 1. The average Bonchev–Trinajstić information content (AvgIpc) is 3.77. The van der Waals surface area contributed by atoms with Crippen LogP contribution in [-0.2, 0) is 30.4 Å². The Hall–Kier alpha value is -2.98. The number of alkyl carbamates (subject to hydrolysis) is 1. The molecule has 4 atom stereocenters. The third-order valence-corrected chi connectivity index (χ3v) is 11.9. The highest BCUT2D eigenvalue weighted by molar-refractivity contribution is 6.76. The van der Waals surface area contributed by atoms with Crippen LogP contribution in [-0.4, -0.2) is 116 Å². The summed E-state index contributed by atoms with van der Waals surface area (Å²) >= 11 is 6.83. The molecule has 1 aromatic carbocycles. The Morgan fingerprint density at radius 2 is 1.78 bits per heavy atom. The number of ether oxygens (including phenoxy) is 6. The molecule has 0 aliphatic carbocycles. The van der Waals surface area contributed by atoms with Gasteiger partial charge in [0, 0.05) is 57.9 Å². The molecule has 3 aromatic rings. The van der Waals surface area contributed by atoms with Crippen LogP contribution < -0.4 is 15.0 Å². The molecule has 0 radical (unpaired) electrons. The van der Waals surface area contributed by atoms with E-state index < -0.39 is 26.4 Å². The van der Waals surface area contributed by atoms with Crippen molar-refractivity contribution in [1.29, 1.82) is 0 Å². The van der Waals surface area contributed by atoms with Crippen LogP contribution in [0.15, 0.2) is 30.3 Å². The molecule has 4 fully saturated rings. The standard InChI is InChI=1S/C35H48ClN5O8Si/c1-50(2,3)17-16-45-21-41-33-27(38-34(41)49-29-20-47-31-28(42)19-46-32(29)31)18-26(36)30(39-33)22-4-6-24(7-5-22)40-12-8-23(9-13-40)37-35(43)48-25-10-14-44-15-11-25/h4-7,18,23,25,28-29,31-32,42H,8-17,19-21H2,1-3H3,(H,37,43)/t28-,29-,31-,32-/m1/s1. The Morgan fingerprint density at radius 3 is 2.52 bits per heavy atom. The monoisotopic (exact) mass is 729 g/mol. The van der Waals surface area contributed by atoms with Crippen LogP contribution in [0.3, 0.4) is 0 Å². The zero-order chi connectivity index (χ0) is 34.8. The maximum Gasteiger partial charge on any atom is 0.407 e. The molecule has 4 aliphatic heterocycles. The minimum Gasteiger partial charge on any atom is -0.456 e. The number of aliphatic hydroxyl groups excluding tert-OH is 1. The van der Waals surface area contributed by atoms with E-state index in [9.17, 15) is 9.90 Å².